The highest BCUT2D eigenvalue weighted by Crippen LogP contribution is 2.30. The number of carbonyl (C=O) groups is 1. The van der Waals surface area contributed by atoms with Crippen molar-refractivity contribution < 1.29 is 19.5 Å². The summed E-state index contributed by atoms with van der Waals surface area (Å²) in [7, 11) is 0. The van der Waals surface area contributed by atoms with Crippen LogP contribution >= 0.6 is 11.3 Å². The van der Waals surface area contributed by atoms with E-state index in [1.807, 2.05) is 92.7 Å². The number of nitrogens with one attached hydrogen (secondary N) is 1. The Morgan fingerprint density at radius 2 is 1.74 bits per heavy atom. The minimum atomic E-state index is -0.916. The molecular formula is C30H27N3O4S. The van der Waals surface area contributed by atoms with Crippen LogP contribution in [0.1, 0.15) is 61.6 Å². The van der Waals surface area contributed by atoms with Crippen molar-refractivity contribution in [2.24, 2.45) is 0 Å². The highest BCUT2D eigenvalue weighted by Gasteiger charge is 2.19. The van der Waals surface area contributed by atoms with Gasteiger partial charge in [0.05, 0.1) is 5.92 Å². The molecule has 0 radical (unpaired) electrons. The van der Waals surface area contributed by atoms with Crippen LogP contribution in [0.3, 0.4) is 0 Å². The Morgan fingerprint density at radius 1 is 0.974 bits per heavy atom. The third-order valence-corrected chi connectivity index (χ3v) is 7.55. The number of aryl methyl sites for hydroxylation is 1. The third kappa shape index (κ3) is 5.51. The maximum atomic E-state index is 11.1. The summed E-state index contributed by atoms with van der Waals surface area (Å²) >= 11 is 1.26. The molecule has 0 aliphatic rings. The quantitative estimate of drug-likeness (QED) is 0.198. The Bertz CT molecular complexity index is 1560. The number of aromatic nitrogens is 2. The first-order valence-electron chi connectivity index (χ1n) is 12.2. The molecule has 0 aliphatic heterocycles. The van der Waals surface area contributed by atoms with Gasteiger partial charge in [-0.25, -0.2) is 4.79 Å². The maximum Gasteiger partial charge on any atom is 0.345 e. The van der Waals surface area contributed by atoms with Gasteiger partial charge in [-0.2, -0.15) is 4.98 Å². The number of carboxylic acid groups (broad SMARTS) is 1. The summed E-state index contributed by atoms with van der Waals surface area (Å²) in [4.78, 5) is 17.1. The smallest absolute Gasteiger partial charge is 0.345 e. The number of anilines is 1. The van der Waals surface area contributed by atoms with Gasteiger partial charge in [-0.1, -0.05) is 71.9 Å². The van der Waals surface area contributed by atoms with Crippen LogP contribution in [-0.2, 0) is 6.54 Å². The van der Waals surface area contributed by atoms with Crippen molar-refractivity contribution in [2.45, 2.75) is 32.4 Å². The molecule has 5 aromatic rings. The molecule has 0 saturated carbocycles. The topological polar surface area (TPSA) is 108 Å². The molecule has 3 aromatic carbocycles. The summed E-state index contributed by atoms with van der Waals surface area (Å²) in [5.41, 5.74) is 5.38. The standard InChI is InChI=1S/C30H27N3O4S/c1-18-11-12-23(16-25(18)31-17-24-13-14-26(38-24)30(35)36)28-32-29(37-33-28)19(2)21-9-6-10-22(15-21)27(34)20-7-4-3-5-8-20/h3-16,19,27,31,34H,17H2,1-2H3,(H,35,36). The van der Waals surface area contributed by atoms with Crippen LogP contribution in [0, 0.1) is 6.92 Å². The van der Waals surface area contributed by atoms with Crippen LogP contribution < -0.4 is 5.32 Å². The zero-order valence-corrected chi connectivity index (χ0v) is 21.8. The number of rotatable bonds is 9. The van der Waals surface area contributed by atoms with Crippen molar-refractivity contribution in [3.8, 4) is 11.4 Å². The largest absolute Gasteiger partial charge is 0.477 e. The Morgan fingerprint density at radius 3 is 2.50 bits per heavy atom. The molecule has 2 unspecified atom stereocenters. The Balaban J connectivity index is 1.32. The van der Waals surface area contributed by atoms with Crippen molar-refractivity contribution in [1.82, 2.24) is 10.1 Å². The summed E-state index contributed by atoms with van der Waals surface area (Å²) in [6, 6.07) is 26.7. The predicted octanol–water partition coefficient (Wildman–Crippen LogP) is 6.65. The van der Waals surface area contributed by atoms with Gasteiger partial charge in [0, 0.05) is 22.7 Å². The predicted molar refractivity (Wildman–Crippen MR) is 148 cm³/mol. The van der Waals surface area contributed by atoms with Gasteiger partial charge in [-0.3, -0.25) is 0 Å². The van der Waals surface area contributed by atoms with E-state index in [2.05, 4.69) is 15.5 Å². The average molecular weight is 526 g/mol. The fourth-order valence-electron chi connectivity index (χ4n) is 4.22. The second-order valence-electron chi connectivity index (χ2n) is 9.12. The van der Waals surface area contributed by atoms with Crippen LogP contribution in [0.25, 0.3) is 11.4 Å². The van der Waals surface area contributed by atoms with Crippen LogP contribution in [-0.4, -0.2) is 26.3 Å². The minimum absolute atomic E-state index is 0.163. The zero-order chi connectivity index (χ0) is 26.6. The number of thiophene rings is 1. The van der Waals surface area contributed by atoms with E-state index in [0.29, 0.717) is 23.1 Å². The molecule has 0 bridgehead atoms. The van der Waals surface area contributed by atoms with Gasteiger partial charge in [0.15, 0.2) is 0 Å². The van der Waals surface area contributed by atoms with E-state index in [9.17, 15) is 9.90 Å². The number of aliphatic hydroxyl groups excluding tert-OH is 1. The molecule has 8 heteroatoms. The summed E-state index contributed by atoms with van der Waals surface area (Å²) < 4.78 is 5.65. The summed E-state index contributed by atoms with van der Waals surface area (Å²) in [5.74, 6) is -0.106. The number of nitrogens with zero attached hydrogens (tertiary/aromatic N) is 2. The number of aliphatic hydroxyl groups is 1. The van der Waals surface area contributed by atoms with Gasteiger partial charge in [-0.05, 0) is 54.3 Å². The second-order valence-corrected chi connectivity index (χ2v) is 10.3. The van der Waals surface area contributed by atoms with Crippen molar-refractivity contribution in [3.05, 3.63) is 123 Å². The number of hydrogen-bond acceptors (Lipinski definition) is 7. The average Bonchev–Trinajstić information content (AvgIpc) is 3.63. The minimum Gasteiger partial charge on any atom is -0.477 e. The molecule has 0 saturated heterocycles. The summed E-state index contributed by atoms with van der Waals surface area (Å²) in [5, 5.41) is 27.6. The lowest BCUT2D eigenvalue weighted by Gasteiger charge is -2.14. The molecule has 7 nitrogen and oxygen atoms in total. The maximum absolute atomic E-state index is 11.1. The molecule has 5 rings (SSSR count). The Labute approximate surface area is 224 Å². The van der Waals surface area contributed by atoms with Gasteiger partial charge in [-0.15, -0.1) is 11.3 Å². The van der Waals surface area contributed by atoms with Crippen LogP contribution in [0.2, 0.25) is 0 Å². The van der Waals surface area contributed by atoms with Gasteiger partial charge < -0.3 is 20.1 Å². The first-order valence-corrected chi connectivity index (χ1v) is 13.0. The van der Waals surface area contributed by atoms with E-state index in [4.69, 9.17) is 9.63 Å². The highest BCUT2D eigenvalue weighted by molar-refractivity contribution is 7.13. The van der Waals surface area contributed by atoms with E-state index < -0.39 is 12.1 Å². The molecule has 192 valence electrons. The molecular weight excluding hydrogens is 498 g/mol. The lowest BCUT2D eigenvalue weighted by molar-refractivity contribution is 0.0702. The molecule has 0 spiro atoms. The Hall–Kier alpha value is -4.27. The van der Waals surface area contributed by atoms with Crippen molar-refractivity contribution in [3.63, 3.8) is 0 Å². The number of hydrogen-bond donors (Lipinski definition) is 3. The van der Waals surface area contributed by atoms with Gasteiger partial charge in [0.1, 0.15) is 11.0 Å². The van der Waals surface area contributed by atoms with E-state index in [1.165, 1.54) is 11.3 Å². The van der Waals surface area contributed by atoms with Gasteiger partial charge in [0.2, 0.25) is 11.7 Å². The SMILES string of the molecule is Cc1ccc(-c2noc(C(C)c3cccc(C(O)c4ccccc4)c3)n2)cc1NCc1ccc(C(=O)O)s1. The van der Waals surface area contributed by atoms with Crippen LogP contribution in [0.4, 0.5) is 5.69 Å². The van der Waals surface area contributed by atoms with Gasteiger partial charge in [0.25, 0.3) is 0 Å². The molecule has 0 fully saturated rings. The lowest BCUT2D eigenvalue weighted by atomic mass is 9.95. The van der Waals surface area contributed by atoms with Crippen LogP contribution in [0.5, 0.6) is 0 Å². The van der Waals surface area contributed by atoms with E-state index in [0.717, 1.165) is 38.4 Å². The van der Waals surface area contributed by atoms with E-state index >= 15 is 0 Å². The van der Waals surface area contributed by atoms with Crippen molar-refractivity contribution in [2.75, 3.05) is 5.32 Å². The van der Waals surface area contributed by atoms with Crippen LogP contribution in [0.15, 0.2) is 89.5 Å². The lowest BCUT2D eigenvalue weighted by Crippen LogP contribution is -2.02. The Kier molecular flexibility index (Phi) is 7.35. The fourth-order valence-corrected chi connectivity index (χ4v) is 5.01. The van der Waals surface area contributed by atoms with Gasteiger partial charge >= 0.3 is 5.97 Å². The van der Waals surface area contributed by atoms with E-state index in [-0.39, 0.29) is 5.92 Å². The zero-order valence-electron chi connectivity index (χ0n) is 21.0. The number of benzene rings is 3. The summed E-state index contributed by atoms with van der Waals surface area (Å²) in [6.07, 6.45) is -0.718. The summed E-state index contributed by atoms with van der Waals surface area (Å²) in [6.45, 7) is 4.52. The monoisotopic (exact) mass is 525 g/mol. The second kappa shape index (κ2) is 11.0. The highest BCUT2D eigenvalue weighted by atomic mass is 32.1. The van der Waals surface area contributed by atoms with Crippen molar-refractivity contribution in [1.29, 1.82) is 0 Å². The molecule has 0 amide bonds. The first-order chi connectivity index (χ1) is 18.4. The fraction of sp³-hybridized carbons (Fsp3) is 0.167. The molecule has 2 aromatic heterocycles. The number of aromatic carboxylic acids is 1. The molecule has 38 heavy (non-hydrogen) atoms. The normalized spacial score (nSPS) is 12.7. The molecule has 2 heterocycles. The number of carboxylic acids is 1. The molecule has 2 atom stereocenters. The molecule has 0 aliphatic carbocycles. The first kappa shape index (κ1) is 25.4. The third-order valence-electron chi connectivity index (χ3n) is 6.48. The molecule has 3 N–H and O–H groups in total. The van der Waals surface area contributed by atoms with Crippen molar-refractivity contribution >= 4 is 23.0 Å². The van der Waals surface area contributed by atoms with E-state index in [1.54, 1.807) is 6.07 Å².